The minimum atomic E-state index is -3.50. The van der Waals surface area contributed by atoms with E-state index in [9.17, 15) is 8.42 Å². The number of aryl methyl sites for hydroxylation is 3. The number of anilines is 1. The van der Waals surface area contributed by atoms with Crippen molar-refractivity contribution in [2.24, 2.45) is 0 Å². The van der Waals surface area contributed by atoms with Crippen molar-refractivity contribution in [2.45, 2.75) is 32.6 Å². The lowest BCUT2D eigenvalue weighted by molar-refractivity contribution is 0.384. The molecule has 2 aromatic carbocycles. The smallest absolute Gasteiger partial charge is 0.243 e. The van der Waals surface area contributed by atoms with E-state index in [1.54, 1.807) is 23.5 Å². The minimum absolute atomic E-state index is 0.346. The van der Waals surface area contributed by atoms with Crippen LogP contribution >= 0.6 is 0 Å². The molecular weight excluding hydrogens is 360 g/mol. The molecule has 27 heavy (non-hydrogen) atoms. The molecule has 6 heteroatoms. The Morgan fingerprint density at radius 1 is 0.889 bits per heavy atom. The molecule has 0 radical (unpaired) electrons. The summed E-state index contributed by atoms with van der Waals surface area (Å²) in [5.41, 5.74) is 5.39. The lowest BCUT2D eigenvalue weighted by atomic mass is 10.1. The maximum absolute atomic E-state index is 13.1. The van der Waals surface area contributed by atoms with Crippen LogP contribution in [0.3, 0.4) is 0 Å². The molecule has 1 aliphatic rings. The van der Waals surface area contributed by atoms with Crippen molar-refractivity contribution >= 4 is 15.7 Å². The van der Waals surface area contributed by atoms with Crippen LogP contribution in [0.1, 0.15) is 22.3 Å². The van der Waals surface area contributed by atoms with E-state index >= 15 is 0 Å². The van der Waals surface area contributed by atoms with E-state index in [1.807, 2.05) is 13.8 Å². The molecule has 3 rings (SSSR count). The monoisotopic (exact) mass is 388 g/mol. The van der Waals surface area contributed by atoms with Gasteiger partial charge in [-0.1, -0.05) is 12.1 Å². The Labute approximate surface area is 162 Å². The largest absolute Gasteiger partial charge is 0.496 e. The van der Waals surface area contributed by atoms with Crippen molar-refractivity contribution in [3.63, 3.8) is 0 Å². The van der Waals surface area contributed by atoms with Crippen molar-refractivity contribution in [1.29, 1.82) is 0 Å². The molecule has 0 aliphatic carbocycles. The average molecular weight is 389 g/mol. The van der Waals surface area contributed by atoms with Gasteiger partial charge in [0.05, 0.1) is 12.0 Å². The number of methoxy groups -OCH3 is 1. The second kappa shape index (κ2) is 7.52. The fraction of sp³-hybridized carbons (Fsp3) is 0.429. The van der Waals surface area contributed by atoms with Gasteiger partial charge in [0.1, 0.15) is 5.75 Å². The lowest BCUT2D eigenvalue weighted by Gasteiger charge is -2.36. The van der Waals surface area contributed by atoms with Gasteiger partial charge in [-0.25, -0.2) is 8.42 Å². The maximum Gasteiger partial charge on any atom is 0.243 e. The van der Waals surface area contributed by atoms with E-state index < -0.39 is 10.0 Å². The molecule has 0 atom stereocenters. The van der Waals surface area contributed by atoms with Crippen LogP contribution in [0, 0.1) is 27.7 Å². The number of nitrogens with zero attached hydrogens (tertiary/aromatic N) is 2. The number of benzene rings is 2. The second-order valence-corrected chi connectivity index (χ2v) is 9.14. The van der Waals surface area contributed by atoms with E-state index in [-0.39, 0.29) is 0 Å². The molecule has 2 aromatic rings. The summed E-state index contributed by atoms with van der Waals surface area (Å²) in [6.45, 7) is 10.3. The van der Waals surface area contributed by atoms with Gasteiger partial charge in [-0.15, -0.1) is 0 Å². The van der Waals surface area contributed by atoms with Crippen molar-refractivity contribution < 1.29 is 13.2 Å². The van der Waals surface area contributed by atoms with Gasteiger partial charge >= 0.3 is 0 Å². The zero-order chi connectivity index (χ0) is 19.8. The highest BCUT2D eigenvalue weighted by molar-refractivity contribution is 7.89. The molecule has 1 saturated heterocycles. The molecule has 1 heterocycles. The lowest BCUT2D eigenvalue weighted by Crippen LogP contribution is -2.48. The van der Waals surface area contributed by atoms with E-state index in [0.717, 1.165) is 16.9 Å². The number of hydrogen-bond acceptors (Lipinski definition) is 4. The van der Waals surface area contributed by atoms with Crippen LogP contribution in [0.2, 0.25) is 0 Å². The van der Waals surface area contributed by atoms with E-state index in [1.165, 1.54) is 16.8 Å². The van der Waals surface area contributed by atoms with Crippen LogP contribution in [0.15, 0.2) is 35.2 Å². The summed E-state index contributed by atoms with van der Waals surface area (Å²) in [5, 5.41) is 0. The first-order chi connectivity index (χ1) is 12.8. The summed E-state index contributed by atoms with van der Waals surface area (Å²) >= 11 is 0. The predicted molar refractivity (Wildman–Crippen MR) is 109 cm³/mol. The number of piperazine rings is 1. The molecule has 0 saturated carbocycles. The predicted octanol–water partition coefficient (Wildman–Crippen LogP) is 3.44. The summed E-state index contributed by atoms with van der Waals surface area (Å²) in [4.78, 5) is 2.62. The number of rotatable bonds is 4. The standard InChI is InChI=1S/C21H28N2O3S/c1-15-7-6-8-20(18(15)4)22-9-11-23(12-10-22)27(24,25)19-13-16(2)21(26-5)17(3)14-19/h6-8,13-14H,9-12H2,1-5H3. The fourth-order valence-corrected chi connectivity index (χ4v) is 5.37. The highest BCUT2D eigenvalue weighted by atomic mass is 32.2. The van der Waals surface area contributed by atoms with Gasteiger partial charge < -0.3 is 9.64 Å². The van der Waals surface area contributed by atoms with E-state index in [2.05, 4.69) is 36.9 Å². The van der Waals surface area contributed by atoms with Gasteiger partial charge in [-0.3, -0.25) is 0 Å². The first-order valence-corrected chi connectivity index (χ1v) is 10.7. The summed E-state index contributed by atoms with van der Waals surface area (Å²) in [7, 11) is -1.90. The van der Waals surface area contributed by atoms with Crippen molar-refractivity contribution in [2.75, 3.05) is 38.2 Å². The summed E-state index contributed by atoms with van der Waals surface area (Å²) in [6, 6.07) is 9.69. The van der Waals surface area contributed by atoms with Gasteiger partial charge in [0.15, 0.2) is 0 Å². The molecule has 0 bridgehead atoms. The Hall–Kier alpha value is -2.05. The highest BCUT2D eigenvalue weighted by Crippen LogP contribution is 2.29. The van der Waals surface area contributed by atoms with Crippen LogP contribution in [0.25, 0.3) is 0 Å². The Bertz CT molecular complexity index is 923. The van der Waals surface area contributed by atoms with Gasteiger partial charge in [-0.2, -0.15) is 4.31 Å². The van der Waals surface area contributed by atoms with E-state index in [0.29, 0.717) is 31.1 Å². The molecule has 1 fully saturated rings. The minimum Gasteiger partial charge on any atom is -0.496 e. The third kappa shape index (κ3) is 3.69. The van der Waals surface area contributed by atoms with Crippen LogP contribution < -0.4 is 9.64 Å². The SMILES string of the molecule is COc1c(C)cc(S(=O)(=O)N2CCN(c3cccc(C)c3C)CC2)cc1C. The molecule has 0 spiro atoms. The van der Waals surface area contributed by atoms with Crippen LogP contribution in [0.4, 0.5) is 5.69 Å². The Kier molecular flexibility index (Phi) is 5.49. The molecule has 5 nitrogen and oxygen atoms in total. The third-order valence-corrected chi connectivity index (χ3v) is 7.31. The van der Waals surface area contributed by atoms with Crippen LogP contribution in [-0.4, -0.2) is 46.0 Å². The molecule has 0 unspecified atom stereocenters. The first kappa shape index (κ1) is 19.7. The number of sulfonamides is 1. The highest BCUT2D eigenvalue weighted by Gasteiger charge is 2.29. The second-order valence-electron chi connectivity index (χ2n) is 7.20. The molecule has 0 N–H and O–H groups in total. The van der Waals surface area contributed by atoms with Crippen LogP contribution in [-0.2, 0) is 10.0 Å². The summed E-state index contributed by atoms with van der Waals surface area (Å²) in [5.74, 6) is 0.744. The Balaban J connectivity index is 1.80. The molecule has 0 amide bonds. The topological polar surface area (TPSA) is 49.9 Å². The van der Waals surface area contributed by atoms with Gasteiger partial charge in [0, 0.05) is 31.9 Å². The average Bonchev–Trinajstić information content (AvgIpc) is 2.64. The summed E-state index contributed by atoms with van der Waals surface area (Å²) in [6.07, 6.45) is 0. The van der Waals surface area contributed by atoms with Gasteiger partial charge in [0.2, 0.25) is 10.0 Å². The molecule has 1 aliphatic heterocycles. The number of hydrogen-bond donors (Lipinski definition) is 0. The third-order valence-electron chi connectivity index (χ3n) is 5.43. The molecular formula is C21H28N2O3S. The molecule has 146 valence electrons. The quantitative estimate of drug-likeness (QED) is 0.805. The number of ether oxygens (including phenoxy) is 1. The zero-order valence-electron chi connectivity index (χ0n) is 16.7. The first-order valence-electron chi connectivity index (χ1n) is 9.22. The normalized spacial score (nSPS) is 15.8. The van der Waals surface area contributed by atoms with Crippen molar-refractivity contribution in [3.05, 3.63) is 52.6 Å². The summed E-state index contributed by atoms with van der Waals surface area (Å²) < 4.78 is 33.2. The Morgan fingerprint density at radius 2 is 1.48 bits per heavy atom. The van der Waals surface area contributed by atoms with Crippen molar-refractivity contribution in [3.8, 4) is 5.75 Å². The van der Waals surface area contributed by atoms with Gasteiger partial charge in [-0.05, 0) is 68.1 Å². The zero-order valence-corrected chi connectivity index (χ0v) is 17.6. The fourth-order valence-electron chi connectivity index (χ4n) is 3.78. The maximum atomic E-state index is 13.1. The Morgan fingerprint density at radius 3 is 2.04 bits per heavy atom. The van der Waals surface area contributed by atoms with E-state index in [4.69, 9.17) is 4.74 Å². The van der Waals surface area contributed by atoms with Crippen LogP contribution in [0.5, 0.6) is 5.75 Å². The van der Waals surface area contributed by atoms with Gasteiger partial charge in [0.25, 0.3) is 0 Å². The molecule has 0 aromatic heterocycles. The van der Waals surface area contributed by atoms with Crippen molar-refractivity contribution in [1.82, 2.24) is 4.31 Å².